The fourth-order valence-corrected chi connectivity index (χ4v) is 4.22. The van der Waals surface area contributed by atoms with E-state index in [2.05, 4.69) is 69.4 Å². The summed E-state index contributed by atoms with van der Waals surface area (Å²) in [5, 5.41) is 3.43. The fraction of sp³-hybridized carbons (Fsp3) is 0.385. The number of hydrogen-bond donors (Lipinski definition) is 2. The lowest BCUT2D eigenvalue weighted by atomic mass is 10.1. The molecule has 8 heteroatoms. The number of methoxy groups -OCH3 is 1. The van der Waals surface area contributed by atoms with Crippen LogP contribution in [0.2, 0.25) is 0 Å². The van der Waals surface area contributed by atoms with Crippen molar-refractivity contribution in [1.29, 1.82) is 0 Å². The summed E-state index contributed by atoms with van der Waals surface area (Å²) in [7, 11) is 3.77. The number of imidazole rings is 1. The second-order valence-electron chi connectivity index (χ2n) is 8.46. The Hall–Kier alpha value is -2.75. The number of benzene rings is 2. The monoisotopic (exact) mass is 574 g/mol. The van der Waals surface area contributed by atoms with Gasteiger partial charge >= 0.3 is 0 Å². The molecule has 1 aromatic heterocycles. The number of H-pyrrole nitrogens is 1. The predicted octanol–water partition coefficient (Wildman–Crippen LogP) is 4.63. The van der Waals surface area contributed by atoms with Gasteiger partial charge in [-0.25, -0.2) is 4.98 Å². The molecule has 1 atom stereocenters. The van der Waals surface area contributed by atoms with Gasteiger partial charge in [0.2, 0.25) is 0 Å². The van der Waals surface area contributed by atoms with Crippen LogP contribution in [0.5, 0.6) is 5.75 Å². The Morgan fingerprint density at radius 1 is 1.24 bits per heavy atom. The number of hydrogen-bond acceptors (Lipinski definition) is 4. The van der Waals surface area contributed by atoms with E-state index in [0.29, 0.717) is 12.5 Å². The fourth-order valence-electron chi connectivity index (χ4n) is 4.22. The van der Waals surface area contributed by atoms with E-state index in [9.17, 15) is 0 Å². The van der Waals surface area contributed by atoms with Crippen molar-refractivity contribution in [2.75, 3.05) is 45.2 Å². The molecule has 34 heavy (non-hydrogen) atoms. The summed E-state index contributed by atoms with van der Waals surface area (Å²) in [5.41, 5.74) is 3.39. The van der Waals surface area contributed by atoms with E-state index >= 15 is 0 Å². The van der Waals surface area contributed by atoms with Crippen molar-refractivity contribution in [3.8, 4) is 17.0 Å². The lowest BCUT2D eigenvalue weighted by Crippen LogP contribution is -2.39. The number of guanidine groups is 1. The first-order valence-electron chi connectivity index (χ1n) is 11.6. The number of ether oxygens (including phenoxy) is 1. The zero-order valence-electron chi connectivity index (χ0n) is 20.2. The molecule has 1 unspecified atom stereocenters. The van der Waals surface area contributed by atoms with Gasteiger partial charge in [-0.15, -0.1) is 24.0 Å². The third-order valence-electron chi connectivity index (χ3n) is 6.00. The van der Waals surface area contributed by atoms with E-state index in [1.165, 1.54) is 5.69 Å². The van der Waals surface area contributed by atoms with Gasteiger partial charge in [-0.1, -0.05) is 36.4 Å². The normalized spacial score (nSPS) is 15.7. The van der Waals surface area contributed by atoms with Crippen molar-refractivity contribution in [3.05, 3.63) is 66.6 Å². The van der Waals surface area contributed by atoms with Crippen LogP contribution in [-0.2, 0) is 6.54 Å². The number of halogens is 1. The van der Waals surface area contributed by atoms with Crippen LogP contribution in [0.1, 0.15) is 19.2 Å². The number of aromatic nitrogens is 2. The van der Waals surface area contributed by atoms with E-state index < -0.39 is 0 Å². The van der Waals surface area contributed by atoms with Gasteiger partial charge in [0, 0.05) is 45.0 Å². The average Bonchev–Trinajstić information content (AvgIpc) is 3.52. The van der Waals surface area contributed by atoms with Crippen molar-refractivity contribution in [2.24, 2.45) is 10.9 Å². The summed E-state index contributed by atoms with van der Waals surface area (Å²) in [6, 6.07) is 18.6. The van der Waals surface area contributed by atoms with E-state index in [1.807, 2.05) is 30.5 Å². The zero-order chi connectivity index (χ0) is 23.0. The van der Waals surface area contributed by atoms with Gasteiger partial charge in [0.1, 0.15) is 11.6 Å². The quantitative estimate of drug-likeness (QED) is 0.234. The molecule has 2 heterocycles. The minimum atomic E-state index is 0. The summed E-state index contributed by atoms with van der Waals surface area (Å²) in [5.74, 6) is 3.27. The molecule has 7 nitrogen and oxygen atoms in total. The molecular weight excluding hydrogens is 539 g/mol. The van der Waals surface area contributed by atoms with Crippen LogP contribution < -0.4 is 15.0 Å². The third-order valence-corrected chi connectivity index (χ3v) is 6.00. The maximum atomic E-state index is 5.38. The van der Waals surface area contributed by atoms with Crippen LogP contribution in [-0.4, -0.2) is 61.2 Å². The topological polar surface area (TPSA) is 68.8 Å². The molecule has 4 rings (SSSR count). The Morgan fingerprint density at radius 3 is 2.82 bits per heavy atom. The van der Waals surface area contributed by atoms with Gasteiger partial charge in [0.25, 0.3) is 0 Å². The number of aromatic amines is 1. The van der Waals surface area contributed by atoms with Crippen LogP contribution in [0, 0.1) is 5.92 Å². The molecule has 1 saturated heterocycles. The number of nitrogens with zero attached hydrogens (tertiary/aromatic N) is 4. The molecule has 182 valence electrons. The molecule has 0 radical (unpaired) electrons. The van der Waals surface area contributed by atoms with Gasteiger partial charge in [0.05, 0.1) is 25.5 Å². The SMILES string of the molecule is CCNC(=NCC1CCN(c2cccc(OC)c2)C1)N(C)Cc1ncc(-c2ccccc2)[nH]1.I. The van der Waals surface area contributed by atoms with E-state index in [4.69, 9.17) is 9.73 Å². The number of aliphatic imine (C=N–C) groups is 1. The Kier molecular flexibility index (Phi) is 9.62. The lowest BCUT2D eigenvalue weighted by molar-refractivity contribution is 0.415. The summed E-state index contributed by atoms with van der Waals surface area (Å²) in [4.78, 5) is 17.5. The molecule has 2 aromatic carbocycles. The Morgan fingerprint density at radius 2 is 2.06 bits per heavy atom. The van der Waals surface area contributed by atoms with E-state index in [-0.39, 0.29) is 24.0 Å². The first kappa shape index (κ1) is 25.9. The second-order valence-corrected chi connectivity index (χ2v) is 8.46. The van der Waals surface area contributed by atoms with Crippen LogP contribution in [0.25, 0.3) is 11.3 Å². The summed E-state index contributed by atoms with van der Waals surface area (Å²) in [6.45, 7) is 6.47. The molecule has 1 aliphatic heterocycles. The van der Waals surface area contributed by atoms with Crippen molar-refractivity contribution in [2.45, 2.75) is 19.9 Å². The van der Waals surface area contributed by atoms with Crippen LogP contribution >= 0.6 is 24.0 Å². The van der Waals surface area contributed by atoms with Crippen LogP contribution in [0.4, 0.5) is 5.69 Å². The first-order chi connectivity index (χ1) is 16.2. The lowest BCUT2D eigenvalue weighted by Gasteiger charge is -2.22. The zero-order valence-corrected chi connectivity index (χ0v) is 22.5. The van der Waals surface area contributed by atoms with Crippen molar-refractivity contribution in [3.63, 3.8) is 0 Å². The maximum absolute atomic E-state index is 5.38. The Labute approximate surface area is 219 Å². The van der Waals surface area contributed by atoms with Crippen molar-refractivity contribution in [1.82, 2.24) is 20.2 Å². The largest absolute Gasteiger partial charge is 0.497 e. The second kappa shape index (κ2) is 12.6. The molecule has 0 saturated carbocycles. The van der Waals surface area contributed by atoms with Gasteiger partial charge in [-0.05, 0) is 37.0 Å². The molecular formula is C26H35IN6O. The highest BCUT2D eigenvalue weighted by Gasteiger charge is 2.23. The minimum Gasteiger partial charge on any atom is -0.497 e. The average molecular weight is 575 g/mol. The summed E-state index contributed by atoms with van der Waals surface area (Å²) < 4.78 is 5.38. The Bertz CT molecular complexity index is 1050. The van der Waals surface area contributed by atoms with Crippen LogP contribution in [0.3, 0.4) is 0 Å². The first-order valence-corrected chi connectivity index (χ1v) is 11.6. The van der Waals surface area contributed by atoms with Crippen molar-refractivity contribution >= 4 is 35.6 Å². The number of nitrogens with one attached hydrogen (secondary N) is 2. The van der Waals surface area contributed by atoms with Crippen molar-refractivity contribution < 1.29 is 4.74 Å². The van der Waals surface area contributed by atoms with Gasteiger partial charge in [-0.3, -0.25) is 4.99 Å². The highest BCUT2D eigenvalue weighted by molar-refractivity contribution is 14.0. The molecule has 0 spiro atoms. The third kappa shape index (κ3) is 6.65. The maximum Gasteiger partial charge on any atom is 0.194 e. The highest BCUT2D eigenvalue weighted by Crippen LogP contribution is 2.27. The number of anilines is 1. The molecule has 0 amide bonds. The van der Waals surface area contributed by atoms with Crippen LogP contribution in [0.15, 0.2) is 65.8 Å². The Balaban J connectivity index is 0.00000324. The molecule has 0 bridgehead atoms. The van der Waals surface area contributed by atoms with Gasteiger partial charge < -0.3 is 24.8 Å². The van der Waals surface area contributed by atoms with Gasteiger partial charge in [-0.2, -0.15) is 0 Å². The van der Waals surface area contributed by atoms with E-state index in [0.717, 1.165) is 61.4 Å². The molecule has 3 aromatic rings. The smallest absolute Gasteiger partial charge is 0.194 e. The summed E-state index contributed by atoms with van der Waals surface area (Å²) in [6.07, 6.45) is 3.04. The van der Waals surface area contributed by atoms with E-state index in [1.54, 1.807) is 7.11 Å². The molecule has 1 fully saturated rings. The predicted molar refractivity (Wildman–Crippen MR) is 150 cm³/mol. The standard InChI is InChI=1S/C26H34N6O.HI/c1-4-27-26(31(2)19-25-28-17-24(30-25)21-9-6-5-7-10-21)29-16-20-13-14-32(18-20)22-11-8-12-23(15-22)33-3;/h5-12,15,17,20H,4,13-14,16,18-19H2,1-3H3,(H,27,29)(H,28,30);1H. The minimum absolute atomic E-state index is 0. The number of rotatable bonds is 8. The molecule has 1 aliphatic rings. The highest BCUT2D eigenvalue weighted by atomic mass is 127. The molecule has 0 aliphatic carbocycles. The van der Waals surface area contributed by atoms with Gasteiger partial charge in [0.15, 0.2) is 5.96 Å². The summed E-state index contributed by atoms with van der Waals surface area (Å²) >= 11 is 0. The molecule has 2 N–H and O–H groups in total.